The zero-order valence-corrected chi connectivity index (χ0v) is 9.04. The number of hydrogen-bond acceptors (Lipinski definition) is 4. The highest BCUT2D eigenvalue weighted by Crippen LogP contribution is 2.08. The monoisotopic (exact) mass is 221 g/mol. The van der Waals surface area contributed by atoms with E-state index in [9.17, 15) is 9.59 Å². The summed E-state index contributed by atoms with van der Waals surface area (Å²) in [5.41, 5.74) is 7.36. The van der Waals surface area contributed by atoms with Crippen LogP contribution in [0, 0.1) is 5.92 Å². The molecule has 0 saturated carbocycles. The summed E-state index contributed by atoms with van der Waals surface area (Å²) >= 11 is 5.54. The third kappa shape index (κ3) is 4.04. The number of alkyl halides is 1. The molecule has 0 aromatic rings. The summed E-state index contributed by atoms with van der Waals surface area (Å²) in [6.45, 7) is 3.86. The minimum absolute atomic E-state index is 0.277. The van der Waals surface area contributed by atoms with Crippen molar-refractivity contribution < 1.29 is 9.59 Å². The molecule has 0 spiro atoms. The van der Waals surface area contributed by atoms with Crippen LogP contribution in [0.4, 0.5) is 0 Å². The topological polar surface area (TPSA) is 98.2 Å². The summed E-state index contributed by atoms with van der Waals surface area (Å²) in [5, 5.41) is -1.30. The van der Waals surface area contributed by atoms with E-state index >= 15 is 0 Å². The van der Waals surface area contributed by atoms with Gasteiger partial charge < -0.3 is 5.73 Å². The second-order valence-corrected chi connectivity index (χ2v) is 3.95. The van der Waals surface area contributed by atoms with Gasteiger partial charge in [0, 0.05) is 0 Å². The minimum Gasteiger partial charge on any atom is -0.321 e. The first-order chi connectivity index (χ1) is 6.40. The van der Waals surface area contributed by atoms with Gasteiger partial charge in [-0.1, -0.05) is 13.8 Å². The van der Waals surface area contributed by atoms with E-state index in [-0.39, 0.29) is 5.92 Å². The zero-order chi connectivity index (χ0) is 11.3. The molecule has 0 aromatic carbocycles. The Kier molecular flexibility index (Phi) is 5.68. The standard InChI is InChI=1S/C8H16ClN3O2/c1-4(2)3-5(10)7(13)6(9)8(14)12-11/h4-6H,3,10-11H2,1-2H3,(H,12,14)/t5-,6?/m0/s1. The van der Waals surface area contributed by atoms with Crippen molar-refractivity contribution in [1.82, 2.24) is 5.43 Å². The van der Waals surface area contributed by atoms with Crippen molar-refractivity contribution in [2.75, 3.05) is 0 Å². The predicted octanol–water partition coefficient (Wildman–Crippen LogP) is -0.474. The maximum Gasteiger partial charge on any atom is 0.259 e. The molecular weight excluding hydrogens is 206 g/mol. The first kappa shape index (κ1) is 13.4. The average Bonchev–Trinajstić information content (AvgIpc) is 2.13. The van der Waals surface area contributed by atoms with Crippen LogP contribution in [-0.2, 0) is 9.59 Å². The van der Waals surface area contributed by atoms with Crippen molar-refractivity contribution in [3.8, 4) is 0 Å². The lowest BCUT2D eigenvalue weighted by Gasteiger charge is -2.15. The van der Waals surface area contributed by atoms with Crippen molar-refractivity contribution in [2.45, 2.75) is 31.7 Å². The molecule has 5 nitrogen and oxygen atoms in total. The fourth-order valence-electron chi connectivity index (χ4n) is 1.01. The van der Waals surface area contributed by atoms with Gasteiger partial charge in [-0.05, 0) is 12.3 Å². The van der Waals surface area contributed by atoms with Gasteiger partial charge in [-0.15, -0.1) is 11.6 Å². The van der Waals surface area contributed by atoms with Gasteiger partial charge in [0.25, 0.3) is 5.91 Å². The van der Waals surface area contributed by atoms with E-state index in [0.29, 0.717) is 6.42 Å². The summed E-state index contributed by atoms with van der Waals surface area (Å²) < 4.78 is 0. The van der Waals surface area contributed by atoms with Gasteiger partial charge in [-0.2, -0.15) is 0 Å². The van der Waals surface area contributed by atoms with Crippen LogP contribution < -0.4 is 17.0 Å². The number of Topliss-reactive ketones (excluding diaryl/α,β-unsaturated/α-hetero) is 1. The molecule has 0 fully saturated rings. The number of hydrazine groups is 1. The number of ketones is 1. The number of carbonyl (C=O) groups excluding carboxylic acids is 2. The van der Waals surface area contributed by atoms with Crippen molar-refractivity contribution >= 4 is 23.3 Å². The molecule has 0 rings (SSSR count). The van der Waals surface area contributed by atoms with Gasteiger partial charge in [0.1, 0.15) is 0 Å². The third-order valence-corrected chi connectivity index (χ3v) is 2.13. The largest absolute Gasteiger partial charge is 0.321 e. The number of halogens is 1. The molecule has 1 amide bonds. The van der Waals surface area contributed by atoms with E-state index in [0.717, 1.165) is 0 Å². The molecule has 0 saturated heterocycles. The number of nitrogens with two attached hydrogens (primary N) is 2. The van der Waals surface area contributed by atoms with E-state index in [1.165, 1.54) is 0 Å². The van der Waals surface area contributed by atoms with Crippen LogP contribution in [0.3, 0.4) is 0 Å². The molecule has 5 N–H and O–H groups in total. The average molecular weight is 222 g/mol. The van der Waals surface area contributed by atoms with Crippen LogP contribution in [0.25, 0.3) is 0 Å². The highest BCUT2D eigenvalue weighted by molar-refractivity contribution is 6.42. The minimum atomic E-state index is -1.30. The summed E-state index contributed by atoms with van der Waals surface area (Å²) in [4.78, 5) is 22.3. The van der Waals surface area contributed by atoms with Crippen LogP contribution in [0.15, 0.2) is 0 Å². The molecule has 0 bridgehead atoms. The molecule has 2 atom stereocenters. The lowest BCUT2D eigenvalue weighted by molar-refractivity contribution is -0.128. The molecule has 0 aliphatic rings. The zero-order valence-electron chi connectivity index (χ0n) is 8.29. The lowest BCUT2D eigenvalue weighted by atomic mass is 9.99. The van der Waals surface area contributed by atoms with Gasteiger partial charge >= 0.3 is 0 Å². The normalized spacial score (nSPS) is 15.0. The summed E-state index contributed by atoms with van der Waals surface area (Å²) in [6, 6.07) is -0.713. The van der Waals surface area contributed by atoms with Gasteiger partial charge in [0.15, 0.2) is 11.2 Å². The Bertz CT molecular complexity index is 221. The number of hydrogen-bond donors (Lipinski definition) is 3. The fraction of sp³-hybridized carbons (Fsp3) is 0.750. The first-order valence-electron chi connectivity index (χ1n) is 4.34. The Hall–Kier alpha value is -0.650. The molecule has 0 aliphatic carbocycles. The van der Waals surface area contributed by atoms with E-state index in [2.05, 4.69) is 0 Å². The summed E-state index contributed by atoms with van der Waals surface area (Å²) in [5.74, 6) is 3.89. The Balaban J connectivity index is 4.24. The Morgan fingerprint density at radius 1 is 1.43 bits per heavy atom. The molecule has 1 unspecified atom stereocenters. The lowest BCUT2D eigenvalue weighted by Crippen LogP contribution is -2.46. The van der Waals surface area contributed by atoms with Crippen LogP contribution in [0.1, 0.15) is 20.3 Å². The Morgan fingerprint density at radius 2 is 1.93 bits per heavy atom. The molecular formula is C8H16ClN3O2. The maximum absolute atomic E-state index is 11.4. The van der Waals surface area contributed by atoms with Crippen molar-refractivity contribution in [1.29, 1.82) is 0 Å². The second-order valence-electron chi connectivity index (χ2n) is 3.51. The van der Waals surface area contributed by atoms with E-state index in [1.807, 2.05) is 13.8 Å². The SMILES string of the molecule is CC(C)C[C@H](N)C(=O)C(Cl)C(=O)NN. The number of amides is 1. The molecule has 0 radical (unpaired) electrons. The fourth-order valence-corrected chi connectivity index (χ4v) is 1.24. The summed E-state index contributed by atoms with van der Waals surface area (Å²) in [6.07, 6.45) is 0.500. The van der Waals surface area contributed by atoms with Crippen LogP contribution in [0.5, 0.6) is 0 Å². The van der Waals surface area contributed by atoms with Crippen LogP contribution in [-0.4, -0.2) is 23.1 Å². The highest BCUT2D eigenvalue weighted by Gasteiger charge is 2.28. The first-order valence-corrected chi connectivity index (χ1v) is 4.77. The van der Waals surface area contributed by atoms with Crippen LogP contribution in [0.2, 0.25) is 0 Å². The Labute approximate surface area is 88.1 Å². The van der Waals surface area contributed by atoms with E-state index in [1.54, 1.807) is 5.43 Å². The van der Waals surface area contributed by atoms with Crippen LogP contribution >= 0.6 is 11.6 Å². The number of rotatable bonds is 5. The molecule has 14 heavy (non-hydrogen) atoms. The van der Waals surface area contributed by atoms with Crippen molar-refractivity contribution in [2.24, 2.45) is 17.5 Å². The molecule has 82 valence electrons. The maximum atomic E-state index is 11.4. The highest BCUT2D eigenvalue weighted by atomic mass is 35.5. The molecule has 6 heteroatoms. The molecule has 0 aromatic heterocycles. The quantitative estimate of drug-likeness (QED) is 0.192. The molecule has 0 aliphatic heterocycles. The van der Waals surface area contributed by atoms with Gasteiger partial charge in [-0.3, -0.25) is 15.0 Å². The molecule has 0 heterocycles. The third-order valence-electron chi connectivity index (χ3n) is 1.71. The number of nitrogens with one attached hydrogen (secondary N) is 1. The van der Waals surface area contributed by atoms with E-state index in [4.69, 9.17) is 23.2 Å². The second kappa shape index (κ2) is 5.95. The predicted molar refractivity (Wildman–Crippen MR) is 54.4 cm³/mol. The number of carbonyl (C=O) groups is 2. The van der Waals surface area contributed by atoms with E-state index < -0.39 is 23.1 Å². The smallest absolute Gasteiger partial charge is 0.259 e. The Morgan fingerprint density at radius 3 is 2.29 bits per heavy atom. The van der Waals surface area contributed by atoms with Crippen molar-refractivity contribution in [3.63, 3.8) is 0 Å². The summed E-state index contributed by atoms with van der Waals surface area (Å²) in [7, 11) is 0. The van der Waals surface area contributed by atoms with Crippen molar-refractivity contribution in [3.05, 3.63) is 0 Å². The van der Waals surface area contributed by atoms with Gasteiger partial charge in [-0.25, -0.2) is 5.84 Å². The van der Waals surface area contributed by atoms with Gasteiger partial charge in [0.2, 0.25) is 0 Å². The van der Waals surface area contributed by atoms with Gasteiger partial charge in [0.05, 0.1) is 6.04 Å².